The topological polar surface area (TPSA) is 72.5 Å². The molecule has 1 amide bonds. The smallest absolute Gasteiger partial charge is 0.257 e. The highest BCUT2D eigenvalue weighted by atomic mass is 16.6. The van der Waals surface area contributed by atoms with Gasteiger partial charge in [-0.15, -0.1) is 0 Å². The number of nitrogens with one attached hydrogen (secondary N) is 2. The number of carbonyl (C=O) groups is 1. The van der Waals surface area contributed by atoms with E-state index in [0.29, 0.717) is 36.0 Å². The van der Waals surface area contributed by atoms with E-state index in [1.165, 1.54) is 5.56 Å². The number of pyridine rings is 1. The zero-order valence-corrected chi connectivity index (χ0v) is 15.4. The molecule has 6 nitrogen and oxygen atoms in total. The lowest BCUT2D eigenvalue weighted by atomic mass is 10.1. The van der Waals surface area contributed by atoms with Crippen molar-refractivity contribution in [1.82, 2.24) is 4.98 Å². The first-order valence-corrected chi connectivity index (χ1v) is 9.22. The van der Waals surface area contributed by atoms with Crippen LogP contribution in [-0.4, -0.2) is 30.6 Å². The number of nitrogens with zero attached hydrogens (tertiary/aromatic N) is 1. The van der Waals surface area contributed by atoms with Gasteiger partial charge in [-0.2, -0.15) is 0 Å². The molecule has 1 aliphatic rings. The van der Waals surface area contributed by atoms with Gasteiger partial charge in [0.15, 0.2) is 11.5 Å². The second-order valence-electron chi connectivity index (χ2n) is 6.44. The molecule has 0 fully saturated rings. The van der Waals surface area contributed by atoms with Crippen LogP contribution in [0.2, 0.25) is 0 Å². The average Bonchev–Trinajstić information content (AvgIpc) is 2.75. The van der Waals surface area contributed by atoms with Gasteiger partial charge in [-0.1, -0.05) is 30.3 Å². The Morgan fingerprint density at radius 1 is 0.929 bits per heavy atom. The Morgan fingerprint density at radius 2 is 1.75 bits per heavy atom. The van der Waals surface area contributed by atoms with Crippen LogP contribution in [0, 0.1) is 0 Å². The minimum Gasteiger partial charge on any atom is -0.486 e. The number of carbonyl (C=O) groups excluding carboxylic acids is 1. The van der Waals surface area contributed by atoms with Crippen LogP contribution in [-0.2, 0) is 6.42 Å². The molecule has 142 valence electrons. The van der Waals surface area contributed by atoms with Gasteiger partial charge < -0.3 is 20.1 Å². The van der Waals surface area contributed by atoms with Gasteiger partial charge in [0.1, 0.15) is 13.2 Å². The molecular formula is C22H21N3O3. The predicted octanol–water partition coefficient (Wildman–Crippen LogP) is 3.76. The summed E-state index contributed by atoms with van der Waals surface area (Å²) < 4.78 is 11.0. The molecule has 0 atom stereocenters. The van der Waals surface area contributed by atoms with Gasteiger partial charge in [0.05, 0.1) is 11.3 Å². The fourth-order valence-corrected chi connectivity index (χ4v) is 2.98. The summed E-state index contributed by atoms with van der Waals surface area (Å²) >= 11 is 0. The Labute approximate surface area is 163 Å². The maximum absolute atomic E-state index is 12.6. The van der Waals surface area contributed by atoms with E-state index in [1.807, 2.05) is 18.2 Å². The first-order chi connectivity index (χ1) is 13.8. The van der Waals surface area contributed by atoms with Crippen LogP contribution in [0.3, 0.4) is 0 Å². The molecule has 2 aromatic carbocycles. The van der Waals surface area contributed by atoms with Gasteiger partial charge in [0.2, 0.25) is 0 Å². The minimum absolute atomic E-state index is 0.226. The molecule has 0 unspecified atom stereocenters. The third-order valence-corrected chi connectivity index (χ3v) is 4.39. The molecule has 3 aromatic rings. The largest absolute Gasteiger partial charge is 0.486 e. The molecule has 0 radical (unpaired) electrons. The zero-order valence-electron chi connectivity index (χ0n) is 15.4. The molecule has 4 rings (SSSR count). The van der Waals surface area contributed by atoms with Gasteiger partial charge in [0, 0.05) is 30.7 Å². The number of rotatable bonds is 6. The summed E-state index contributed by atoms with van der Waals surface area (Å²) in [7, 11) is 0. The van der Waals surface area contributed by atoms with Crippen molar-refractivity contribution in [2.45, 2.75) is 6.42 Å². The molecule has 2 N–H and O–H groups in total. The Balaban J connectivity index is 1.37. The van der Waals surface area contributed by atoms with E-state index in [4.69, 9.17) is 9.47 Å². The van der Waals surface area contributed by atoms with Crippen molar-refractivity contribution < 1.29 is 14.3 Å². The number of hydrogen-bond acceptors (Lipinski definition) is 5. The van der Waals surface area contributed by atoms with Crippen LogP contribution in [0.5, 0.6) is 11.5 Å². The van der Waals surface area contributed by atoms with Crippen LogP contribution in [0.15, 0.2) is 67.0 Å². The Bertz CT molecular complexity index is 960. The summed E-state index contributed by atoms with van der Waals surface area (Å²) in [5, 5.41) is 6.19. The lowest BCUT2D eigenvalue weighted by Gasteiger charge is -2.19. The van der Waals surface area contributed by atoms with E-state index in [9.17, 15) is 4.79 Å². The van der Waals surface area contributed by atoms with E-state index < -0.39 is 0 Å². The molecule has 1 aromatic heterocycles. The van der Waals surface area contributed by atoms with E-state index in [1.54, 1.807) is 36.7 Å². The number of anilines is 2. The second-order valence-corrected chi connectivity index (χ2v) is 6.44. The van der Waals surface area contributed by atoms with Crippen molar-refractivity contribution in [2.75, 3.05) is 30.4 Å². The highest BCUT2D eigenvalue weighted by Crippen LogP contribution is 2.32. The first kappa shape index (κ1) is 17.9. The molecule has 0 saturated carbocycles. The number of aromatic nitrogens is 1. The molecule has 1 aliphatic heterocycles. The van der Waals surface area contributed by atoms with Gasteiger partial charge in [-0.25, -0.2) is 0 Å². The Kier molecular flexibility index (Phi) is 5.38. The molecule has 0 bridgehead atoms. The Morgan fingerprint density at radius 3 is 2.61 bits per heavy atom. The maximum atomic E-state index is 12.6. The Hall–Kier alpha value is -3.54. The second kappa shape index (κ2) is 8.43. The van der Waals surface area contributed by atoms with Crippen molar-refractivity contribution in [3.63, 3.8) is 0 Å². The molecule has 0 spiro atoms. The van der Waals surface area contributed by atoms with Crippen LogP contribution < -0.4 is 20.1 Å². The third-order valence-electron chi connectivity index (χ3n) is 4.39. The van der Waals surface area contributed by atoms with Gasteiger partial charge in [0.25, 0.3) is 5.91 Å². The molecule has 6 heteroatoms. The number of benzene rings is 2. The van der Waals surface area contributed by atoms with Crippen molar-refractivity contribution >= 4 is 17.3 Å². The molecular weight excluding hydrogens is 354 g/mol. The monoisotopic (exact) mass is 375 g/mol. The maximum Gasteiger partial charge on any atom is 0.257 e. The lowest BCUT2D eigenvalue weighted by Crippen LogP contribution is -2.16. The fraction of sp³-hybridized carbons (Fsp3) is 0.182. The molecule has 0 aliphatic carbocycles. The van der Waals surface area contributed by atoms with Crippen LogP contribution in [0.4, 0.5) is 11.4 Å². The summed E-state index contributed by atoms with van der Waals surface area (Å²) in [4.78, 5) is 16.8. The highest BCUT2D eigenvalue weighted by molar-refractivity contribution is 6.04. The fourth-order valence-electron chi connectivity index (χ4n) is 2.98. The van der Waals surface area contributed by atoms with Crippen LogP contribution >= 0.6 is 0 Å². The van der Waals surface area contributed by atoms with Gasteiger partial charge >= 0.3 is 0 Å². The zero-order chi connectivity index (χ0) is 19.2. The van der Waals surface area contributed by atoms with Crippen LogP contribution in [0.25, 0.3) is 0 Å². The van der Waals surface area contributed by atoms with Crippen LogP contribution in [0.1, 0.15) is 15.9 Å². The van der Waals surface area contributed by atoms with Crippen molar-refractivity contribution in [2.24, 2.45) is 0 Å². The summed E-state index contributed by atoms with van der Waals surface area (Å²) in [5.41, 5.74) is 3.21. The van der Waals surface area contributed by atoms with E-state index >= 15 is 0 Å². The summed E-state index contributed by atoms with van der Waals surface area (Å²) in [6, 6.07) is 17.4. The average molecular weight is 375 g/mol. The molecule has 0 saturated heterocycles. The van der Waals surface area contributed by atoms with E-state index in [0.717, 1.165) is 18.7 Å². The summed E-state index contributed by atoms with van der Waals surface area (Å²) in [5.74, 6) is 1.10. The van der Waals surface area contributed by atoms with Gasteiger partial charge in [-0.3, -0.25) is 9.78 Å². The lowest BCUT2D eigenvalue weighted by molar-refractivity contribution is 0.102. The third kappa shape index (κ3) is 4.40. The predicted molar refractivity (Wildman–Crippen MR) is 108 cm³/mol. The number of hydrogen-bond donors (Lipinski definition) is 2. The standard InChI is InChI=1S/C22H21N3O3/c26-22(25-18-6-7-20-21(13-18)28-11-10-27-20)17-12-19(15-23-14-17)24-9-8-16-4-2-1-3-5-16/h1-7,12-15,24H,8-11H2,(H,25,26). The quantitative estimate of drug-likeness (QED) is 0.686. The van der Waals surface area contributed by atoms with Crippen molar-refractivity contribution in [1.29, 1.82) is 0 Å². The van der Waals surface area contributed by atoms with Crippen molar-refractivity contribution in [3.8, 4) is 11.5 Å². The summed E-state index contributed by atoms with van der Waals surface area (Å²) in [6.45, 7) is 1.80. The van der Waals surface area contributed by atoms with E-state index in [-0.39, 0.29) is 5.91 Å². The number of fused-ring (bicyclic) bond motifs is 1. The summed E-state index contributed by atoms with van der Waals surface area (Å²) in [6.07, 6.45) is 4.16. The highest BCUT2D eigenvalue weighted by Gasteiger charge is 2.14. The molecule has 28 heavy (non-hydrogen) atoms. The number of ether oxygens (including phenoxy) is 2. The normalized spacial score (nSPS) is 12.3. The van der Waals surface area contributed by atoms with Crippen molar-refractivity contribution in [3.05, 3.63) is 78.1 Å². The minimum atomic E-state index is -0.226. The molecule has 2 heterocycles. The SMILES string of the molecule is O=C(Nc1ccc2c(c1)OCCO2)c1cncc(NCCc2ccccc2)c1. The first-order valence-electron chi connectivity index (χ1n) is 9.22. The van der Waals surface area contributed by atoms with E-state index in [2.05, 4.69) is 27.8 Å². The van der Waals surface area contributed by atoms with Gasteiger partial charge in [-0.05, 0) is 30.2 Å². The number of amides is 1.